The number of benzene rings is 2. The van der Waals surface area contributed by atoms with Crippen LogP contribution in [0.2, 0.25) is 0 Å². The molecule has 1 atom stereocenters. The van der Waals surface area contributed by atoms with Crippen LogP contribution in [0.1, 0.15) is 18.5 Å². The molecule has 6 heteroatoms. The summed E-state index contributed by atoms with van der Waals surface area (Å²) in [4.78, 5) is 24.4. The van der Waals surface area contributed by atoms with E-state index in [2.05, 4.69) is 10.4 Å². The van der Waals surface area contributed by atoms with Gasteiger partial charge in [-0.25, -0.2) is 0 Å². The van der Waals surface area contributed by atoms with E-state index >= 15 is 0 Å². The number of nitrogens with zero attached hydrogens (tertiary/aromatic N) is 3. The lowest BCUT2D eigenvalue weighted by atomic mass is 10.1. The van der Waals surface area contributed by atoms with Crippen molar-refractivity contribution < 1.29 is 4.79 Å². The van der Waals surface area contributed by atoms with Crippen LogP contribution < -0.4 is 10.7 Å². The van der Waals surface area contributed by atoms with Crippen molar-refractivity contribution >= 4 is 22.5 Å². The van der Waals surface area contributed by atoms with Crippen LogP contribution in [0.4, 0.5) is 5.69 Å². The third kappa shape index (κ3) is 2.75. The summed E-state index contributed by atoms with van der Waals surface area (Å²) in [6.07, 6.45) is 1.20. The predicted molar refractivity (Wildman–Crippen MR) is 90.5 cm³/mol. The van der Waals surface area contributed by atoms with E-state index in [1.54, 1.807) is 55.5 Å². The van der Waals surface area contributed by atoms with Crippen molar-refractivity contribution in [3.05, 3.63) is 70.5 Å². The molecule has 1 aromatic heterocycles. The molecule has 24 heavy (non-hydrogen) atoms. The zero-order valence-electron chi connectivity index (χ0n) is 12.9. The minimum absolute atomic E-state index is 0.190. The van der Waals surface area contributed by atoms with Gasteiger partial charge in [0, 0.05) is 5.39 Å². The van der Waals surface area contributed by atoms with Gasteiger partial charge in [-0.3, -0.25) is 14.3 Å². The van der Waals surface area contributed by atoms with Crippen LogP contribution in [0.15, 0.2) is 59.5 Å². The van der Waals surface area contributed by atoms with Crippen molar-refractivity contribution in [2.75, 3.05) is 5.32 Å². The number of nitriles is 1. The first-order valence-corrected chi connectivity index (χ1v) is 7.38. The molecule has 1 heterocycles. The summed E-state index contributed by atoms with van der Waals surface area (Å²) in [5.41, 5.74) is 1.23. The van der Waals surface area contributed by atoms with Crippen LogP contribution in [0.3, 0.4) is 0 Å². The average molecular weight is 318 g/mol. The number of carbonyl (C=O) groups excluding carboxylic acids is 1. The van der Waals surface area contributed by atoms with Crippen molar-refractivity contribution in [1.29, 1.82) is 5.26 Å². The molecular formula is C18H14N4O2. The maximum atomic E-state index is 12.6. The largest absolute Gasteiger partial charge is 0.323 e. The molecule has 118 valence electrons. The molecule has 0 aliphatic heterocycles. The number of rotatable bonds is 3. The number of fused-ring (bicyclic) bond motifs is 1. The fourth-order valence-electron chi connectivity index (χ4n) is 2.47. The maximum Gasteiger partial charge on any atom is 0.249 e. The van der Waals surface area contributed by atoms with Crippen LogP contribution in [0.25, 0.3) is 10.9 Å². The van der Waals surface area contributed by atoms with E-state index in [1.165, 1.54) is 10.9 Å². The Morgan fingerprint density at radius 3 is 2.71 bits per heavy atom. The lowest BCUT2D eigenvalue weighted by Gasteiger charge is -2.17. The maximum absolute atomic E-state index is 12.6. The van der Waals surface area contributed by atoms with Gasteiger partial charge in [-0.15, -0.1) is 0 Å². The summed E-state index contributed by atoms with van der Waals surface area (Å²) in [5, 5.41) is 16.4. The number of carbonyl (C=O) groups is 1. The fourth-order valence-corrected chi connectivity index (χ4v) is 2.47. The van der Waals surface area contributed by atoms with Gasteiger partial charge >= 0.3 is 0 Å². The first-order chi connectivity index (χ1) is 11.6. The molecular weight excluding hydrogens is 304 g/mol. The van der Waals surface area contributed by atoms with Gasteiger partial charge in [0.25, 0.3) is 0 Å². The van der Waals surface area contributed by atoms with Gasteiger partial charge in [0.15, 0.2) is 0 Å². The van der Waals surface area contributed by atoms with E-state index in [0.717, 1.165) is 0 Å². The molecule has 0 unspecified atom stereocenters. The predicted octanol–water partition coefficient (Wildman–Crippen LogP) is 2.47. The SMILES string of the molecule is C[C@H](C(=O)Nc1ccccc1C#N)n1ncc(=O)c2ccccc21. The molecule has 3 rings (SSSR count). The number of hydrogen-bond acceptors (Lipinski definition) is 4. The molecule has 0 aliphatic carbocycles. The molecule has 0 saturated heterocycles. The number of anilines is 1. The van der Waals surface area contributed by atoms with Crippen molar-refractivity contribution in [2.24, 2.45) is 0 Å². The van der Waals surface area contributed by atoms with Crippen LogP contribution in [-0.4, -0.2) is 15.7 Å². The lowest BCUT2D eigenvalue weighted by Crippen LogP contribution is -2.27. The van der Waals surface area contributed by atoms with Crippen molar-refractivity contribution in [3.8, 4) is 6.07 Å². The molecule has 6 nitrogen and oxygen atoms in total. The highest BCUT2D eigenvalue weighted by Crippen LogP contribution is 2.18. The molecule has 3 aromatic rings. The highest BCUT2D eigenvalue weighted by molar-refractivity contribution is 5.95. The number of hydrogen-bond donors (Lipinski definition) is 1. The Balaban J connectivity index is 1.96. The second kappa shape index (κ2) is 6.34. The van der Waals surface area contributed by atoms with Crippen molar-refractivity contribution in [1.82, 2.24) is 9.78 Å². The first-order valence-electron chi connectivity index (χ1n) is 7.38. The van der Waals surface area contributed by atoms with Crippen molar-refractivity contribution in [2.45, 2.75) is 13.0 Å². The average Bonchev–Trinajstić information content (AvgIpc) is 2.62. The van der Waals surface area contributed by atoms with E-state index in [4.69, 9.17) is 5.26 Å². The molecule has 1 N–H and O–H groups in total. The second-order valence-electron chi connectivity index (χ2n) is 5.29. The van der Waals surface area contributed by atoms with Gasteiger partial charge in [0.05, 0.1) is 23.0 Å². The smallest absolute Gasteiger partial charge is 0.249 e. The Labute approximate surface area is 138 Å². The van der Waals surface area contributed by atoms with Gasteiger partial charge in [0.1, 0.15) is 12.1 Å². The number of amides is 1. The minimum atomic E-state index is -0.651. The Hall–Kier alpha value is -3.46. The molecule has 0 radical (unpaired) electrons. The molecule has 2 aromatic carbocycles. The molecule has 0 fully saturated rings. The summed E-state index contributed by atoms with van der Waals surface area (Å²) in [7, 11) is 0. The van der Waals surface area contributed by atoms with Crippen LogP contribution >= 0.6 is 0 Å². The van der Waals surface area contributed by atoms with Crippen LogP contribution in [0.5, 0.6) is 0 Å². The standard InChI is InChI=1S/C18H14N4O2/c1-12(18(24)21-15-8-4-2-6-13(15)10-19)22-16-9-5-3-7-14(16)17(23)11-20-22/h2-9,11-12H,1H3,(H,21,24)/t12-/m1/s1. The molecule has 0 aliphatic rings. The summed E-state index contributed by atoms with van der Waals surface area (Å²) in [6, 6.07) is 15.2. The summed E-state index contributed by atoms with van der Waals surface area (Å²) in [6.45, 7) is 1.69. The number of nitrogens with one attached hydrogen (secondary N) is 1. The summed E-state index contributed by atoms with van der Waals surface area (Å²) >= 11 is 0. The lowest BCUT2D eigenvalue weighted by molar-refractivity contribution is -0.119. The molecule has 0 saturated carbocycles. The van der Waals surface area contributed by atoms with Gasteiger partial charge in [-0.1, -0.05) is 24.3 Å². The van der Waals surface area contributed by atoms with Crippen molar-refractivity contribution in [3.63, 3.8) is 0 Å². The highest BCUT2D eigenvalue weighted by atomic mass is 16.2. The highest BCUT2D eigenvalue weighted by Gasteiger charge is 2.18. The topological polar surface area (TPSA) is 87.8 Å². The number of aromatic nitrogens is 2. The summed E-state index contributed by atoms with van der Waals surface area (Å²) < 4.78 is 1.50. The molecule has 0 bridgehead atoms. The minimum Gasteiger partial charge on any atom is -0.323 e. The van der Waals surface area contributed by atoms with Gasteiger partial charge in [-0.2, -0.15) is 10.4 Å². The zero-order valence-corrected chi connectivity index (χ0v) is 12.9. The second-order valence-corrected chi connectivity index (χ2v) is 5.29. The monoisotopic (exact) mass is 318 g/mol. The van der Waals surface area contributed by atoms with E-state index in [9.17, 15) is 9.59 Å². The van der Waals surface area contributed by atoms with E-state index in [-0.39, 0.29) is 11.3 Å². The fraction of sp³-hybridized carbons (Fsp3) is 0.111. The Morgan fingerprint density at radius 2 is 1.92 bits per heavy atom. The molecule has 1 amide bonds. The third-order valence-electron chi connectivity index (χ3n) is 3.77. The Bertz CT molecular complexity index is 1020. The first kappa shape index (κ1) is 15.4. The van der Waals surface area contributed by atoms with E-state index in [0.29, 0.717) is 22.2 Å². The van der Waals surface area contributed by atoms with E-state index < -0.39 is 6.04 Å². The summed E-state index contributed by atoms with van der Waals surface area (Å²) in [5.74, 6) is -0.320. The Kier molecular flexibility index (Phi) is 4.08. The normalized spacial score (nSPS) is 11.7. The van der Waals surface area contributed by atoms with Gasteiger partial charge in [-0.05, 0) is 31.2 Å². The molecule has 0 spiro atoms. The number of para-hydroxylation sites is 2. The zero-order chi connectivity index (χ0) is 17.1. The Morgan fingerprint density at radius 1 is 1.21 bits per heavy atom. The van der Waals surface area contributed by atoms with E-state index in [1.807, 2.05) is 6.07 Å². The van der Waals surface area contributed by atoms with Gasteiger partial charge in [0.2, 0.25) is 11.3 Å². The quantitative estimate of drug-likeness (QED) is 0.803. The van der Waals surface area contributed by atoms with Gasteiger partial charge < -0.3 is 5.32 Å². The third-order valence-corrected chi connectivity index (χ3v) is 3.77. The van der Waals surface area contributed by atoms with Crippen LogP contribution in [0, 0.1) is 11.3 Å². The van der Waals surface area contributed by atoms with Crippen LogP contribution in [-0.2, 0) is 4.79 Å².